The average molecular weight is 196 g/mol. The van der Waals surface area contributed by atoms with Gasteiger partial charge < -0.3 is 0 Å². The zero-order valence-corrected chi connectivity index (χ0v) is 10.2. The minimum absolute atomic E-state index is 1.02. The largest absolute Gasteiger partial charge is 0.0654 e. The monoisotopic (exact) mass is 196 g/mol. The molecule has 0 saturated heterocycles. The lowest BCUT2D eigenvalue weighted by Gasteiger charge is -2.28. The fourth-order valence-corrected chi connectivity index (χ4v) is 2.83. The van der Waals surface area contributed by atoms with Crippen LogP contribution in [0.3, 0.4) is 0 Å². The number of hydrogen-bond donors (Lipinski definition) is 0. The van der Waals surface area contributed by atoms with E-state index in [9.17, 15) is 0 Å². The molecule has 0 N–H and O–H groups in total. The van der Waals surface area contributed by atoms with E-state index in [4.69, 9.17) is 0 Å². The molecule has 1 fully saturated rings. The molecular formula is C14H28. The van der Waals surface area contributed by atoms with Crippen LogP contribution in [0.25, 0.3) is 0 Å². The molecule has 0 unspecified atom stereocenters. The second kappa shape index (κ2) is 7.31. The van der Waals surface area contributed by atoms with Crippen molar-refractivity contribution in [3.05, 3.63) is 0 Å². The highest BCUT2D eigenvalue weighted by molar-refractivity contribution is 4.72. The number of rotatable bonds is 6. The summed E-state index contributed by atoms with van der Waals surface area (Å²) in [5.41, 5.74) is 0. The van der Waals surface area contributed by atoms with Crippen LogP contribution in [0.2, 0.25) is 0 Å². The summed E-state index contributed by atoms with van der Waals surface area (Å²) in [6.07, 6.45) is 14.8. The van der Waals surface area contributed by atoms with Gasteiger partial charge in [-0.1, -0.05) is 78.1 Å². The molecule has 1 saturated carbocycles. The Balaban J connectivity index is 1.99. The first kappa shape index (κ1) is 12.1. The molecule has 0 heterocycles. The molecule has 0 spiro atoms. The van der Waals surface area contributed by atoms with Crippen molar-refractivity contribution in [2.45, 2.75) is 78.1 Å². The molecule has 0 aromatic rings. The molecule has 0 aromatic carbocycles. The lowest BCUT2D eigenvalue weighted by atomic mass is 9.78. The molecule has 14 heavy (non-hydrogen) atoms. The molecule has 0 nitrogen and oxygen atoms in total. The summed E-state index contributed by atoms with van der Waals surface area (Å²) in [4.78, 5) is 0. The van der Waals surface area contributed by atoms with E-state index in [0.717, 1.165) is 11.8 Å². The van der Waals surface area contributed by atoms with Crippen molar-refractivity contribution in [1.29, 1.82) is 0 Å². The average Bonchev–Trinajstić information content (AvgIpc) is 2.20. The highest BCUT2D eigenvalue weighted by atomic mass is 14.3. The summed E-state index contributed by atoms with van der Waals surface area (Å²) in [5, 5.41) is 0. The normalized spacial score (nSPS) is 27.9. The predicted octanol–water partition coefficient (Wildman–Crippen LogP) is 5.17. The van der Waals surface area contributed by atoms with Gasteiger partial charge >= 0.3 is 0 Å². The van der Waals surface area contributed by atoms with E-state index in [-0.39, 0.29) is 0 Å². The van der Waals surface area contributed by atoms with Crippen LogP contribution in [0.5, 0.6) is 0 Å². The Labute approximate surface area is 90.5 Å². The Bertz CT molecular complexity index is 128. The molecule has 1 rings (SSSR count). The maximum atomic E-state index is 2.47. The second-order valence-electron chi connectivity index (χ2n) is 5.22. The van der Waals surface area contributed by atoms with Gasteiger partial charge in [0.25, 0.3) is 0 Å². The van der Waals surface area contributed by atoms with Crippen LogP contribution in [0, 0.1) is 11.8 Å². The van der Waals surface area contributed by atoms with E-state index in [1.807, 2.05) is 0 Å². The predicted molar refractivity (Wildman–Crippen MR) is 64.5 cm³/mol. The van der Waals surface area contributed by atoms with Crippen LogP contribution >= 0.6 is 0 Å². The summed E-state index contributed by atoms with van der Waals surface area (Å²) in [7, 11) is 0. The Hall–Kier alpha value is 0. The Kier molecular flexibility index (Phi) is 6.31. The second-order valence-corrected chi connectivity index (χ2v) is 5.22. The van der Waals surface area contributed by atoms with E-state index < -0.39 is 0 Å². The third-order valence-electron chi connectivity index (χ3n) is 3.97. The summed E-state index contributed by atoms with van der Waals surface area (Å²) in [6.45, 7) is 4.76. The van der Waals surface area contributed by atoms with Crippen molar-refractivity contribution in [3.63, 3.8) is 0 Å². The zero-order valence-electron chi connectivity index (χ0n) is 10.2. The fraction of sp³-hybridized carbons (Fsp3) is 1.00. The van der Waals surface area contributed by atoms with Gasteiger partial charge in [0.2, 0.25) is 0 Å². The standard InChI is InChI=1S/C14H28/c1-3-4-5-6-7-11-14-12-9-8-10-13(14)2/h13-14H,3-12H2,1-2H3/t13-,14-/m0/s1. The van der Waals surface area contributed by atoms with Crippen molar-refractivity contribution in [2.24, 2.45) is 11.8 Å². The SMILES string of the molecule is CCCCCCC[C@H]1CCCC[C@@H]1C. The summed E-state index contributed by atoms with van der Waals surface area (Å²) < 4.78 is 0. The molecule has 1 aliphatic rings. The minimum atomic E-state index is 1.02. The van der Waals surface area contributed by atoms with Crippen LogP contribution in [0.1, 0.15) is 78.1 Å². The summed E-state index contributed by atoms with van der Waals surface area (Å²) in [6, 6.07) is 0. The Morgan fingerprint density at radius 3 is 2.36 bits per heavy atom. The van der Waals surface area contributed by atoms with Crippen molar-refractivity contribution in [1.82, 2.24) is 0 Å². The topological polar surface area (TPSA) is 0 Å². The van der Waals surface area contributed by atoms with E-state index >= 15 is 0 Å². The summed E-state index contributed by atoms with van der Waals surface area (Å²) >= 11 is 0. The smallest absolute Gasteiger partial charge is 0.0388 e. The van der Waals surface area contributed by atoms with Crippen LogP contribution in [-0.4, -0.2) is 0 Å². The third-order valence-corrected chi connectivity index (χ3v) is 3.97. The van der Waals surface area contributed by atoms with Gasteiger partial charge in [-0.2, -0.15) is 0 Å². The maximum Gasteiger partial charge on any atom is -0.0388 e. The molecule has 2 atom stereocenters. The molecule has 0 heteroatoms. The van der Waals surface area contributed by atoms with Gasteiger partial charge in [-0.15, -0.1) is 0 Å². The summed E-state index contributed by atoms with van der Waals surface area (Å²) in [5.74, 6) is 2.10. The van der Waals surface area contributed by atoms with Crippen LogP contribution in [-0.2, 0) is 0 Å². The first-order valence-corrected chi connectivity index (χ1v) is 6.84. The van der Waals surface area contributed by atoms with E-state index in [2.05, 4.69) is 13.8 Å². The third kappa shape index (κ3) is 4.48. The van der Waals surface area contributed by atoms with Gasteiger partial charge in [0.05, 0.1) is 0 Å². The Morgan fingerprint density at radius 1 is 0.929 bits per heavy atom. The van der Waals surface area contributed by atoms with Crippen molar-refractivity contribution in [2.75, 3.05) is 0 Å². The lowest BCUT2D eigenvalue weighted by molar-refractivity contribution is 0.236. The molecule has 1 aliphatic carbocycles. The number of unbranched alkanes of at least 4 members (excludes halogenated alkanes) is 4. The van der Waals surface area contributed by atoms with Gasteiger partial charge in [0.1, 0.15) is 0 Å². The molecule has 84 valence electrons. The van der Waals surface area contributed by atoms with Crippen LogP contribution in [0.15, 0.2) is 0 Å². The minimum Gasteiger partial charge on any atom is -0.0654 e. The zero-order chi connectivity index (χ0) is 10.2. The van der Waals surface area contributed by atoms with Crippen molar-refractivity contribution >= 4 is 0 Å². The van der Waals surface area contributed by atoms with Gasteiger partial charge in [-0.3, -0.25) is 0 Å². The van der Waals surface area contributed by atoms with Crippen molar-refractivity contribution < 1.29 is 0 Å². The quantitative estimate of drug-likeness (QED) is 0.514. The first-order valence-electron chi connectivity index (χ1n) is 6.84. The maximum absolute atomic E-state index is 2.47. The molecular weight excluding hydrogens is 168 g/mol. The van der Waals surface area contributed by atoms with Gasteiger partial charge in [-0.25, -0.2) is 0 Å². The van der Waals surface area contributed by atoms with E-state index in [1.54, 1.807) is 0 Å². The fourth-order valence-electron chi connectivity index (χ4n) is 2.83. The van der Waals surface area contributed by atoms with Crippen molar-refractivity contribution in [3.8, 4) is 0 Å². The molecule has 0 amide bonds. The lowest BCUT2D eigenvalue weighted by Crippen LogP contribution is -2.16. The van der Waals surface area contributed by atoms with Crippen LogP contribution < -0.4 is 0 Å². The van der Waals surface area contributed by atoms with Gasteiger partial charge in [0.15, 0.2) is 0 Å². The molecule has 0 aromatic heterocycles. The Morgan fingerprint density at radius 2 is 1.64 bits per heavy atom. The first-order chi connectivity index (χ1) is 6.84. The molecule has 0 radical (unpaired) electrons. The van der Waals surface area contributed by atoms with Gasteiger partial charge in [0, 0.05) is 0 Å². The van der Waals surface area contributed by atoms with E-state index in [0.29, 0.717) is 0 Å². The van der Waals surface area contributed by atoms with Crippen LogP contribution in [0.4, 0.5) is 0 Å². The number of hydrogen-bond acceptors (Lipinski definition) is 0. The molecule has 0 aliphatic heterocycles. The highest BCUT2D eigenvalue weighted by Crippen LogP contribution is 2.33. The van der Waals surface area contributed by atoms with Gasteiger partial charge in [-0.05, 0) is 11.8 Å². The molecule has 0 bridgehead atoms. The highest BCUT2D eigenvalue weighted by Gasteiger charge is 2.20. The van der Waals surface area contributed by atoms with E-state index in [1.165, 1.54) is 64.2 Å².